The highest BCUT2D eigenvalue weighted by Gasteiger charge is 2.47. The summed E-state index contributed by atoms with van der Waals surface area (Å²) in [6.07, 6.45) is 12.0. The Kier molecular flexibility index (Phi) is 3.28. The van der Waals surface area contributed by atoms with Gasteiger partial charge < -0.3 is 0 Å². The van der Waals surface area contributed by atoms with Crippen LogP contribution in [0.5, 0.6) is 0 Å². The quantitative estimate of drug-likeness (QED) is 0.231. The van der Waals surface area contributed by atoms with Crippen molar-refractivity contribution in [2.75, 3.05) is 0 Å². The van der Waals surface area contributed by atoms with E-state index in [4.69, 9.17) is 4.98 Å². The smallest absolute Gasteiger partial charge is 0.141 e. The lowest BCUT2D eigenvalue weighted by Gasteiger charge is -2.20. The first-order chi connectivity index (χ1) is 18.3. The van der Waals surface area contributed by atoms with Crippen LogP contribution in [0.25, 0.3) is 60.7 Å². The maximum absolute atomic E-state index is 5.59. The van der Waals surface area contributed by atoms with E-state index >= 15 is 0 Å². The molecule has 2 nitrogen and oxygen atoms in total. The number of hydrogen-bond acceptors (Lipinski definition) is 1. The molecule has 2 heteroatoms. The summed E-state index contributed by atoms with van der Waals surface area (Å²) in [7, 11) is 0. The topological polar surface area (TPSA) is 17.8 Å². The number of rotatable bonds is 2. The molecule has 37 heavy (non-hydrogen) atoms. The molecular formula is C35H24N2. The molecule has 4 atom stereocenters. The standard InChI is InChI=1S/C35H24N2/c1-2-10-23-21(6-1)17-29(28-18-27(23)28)35-36-33-24-11-3-7-19-14-15-20-8-4-12-25(32(20)31(19)24)34(33)37(35)30-13-5-9-22-16-26(22)30/h1-15,17,22,26-28H,16,18H2. The van der Waals surface area contributed by atoms with Crippen molar-refractivity contribution in [3.63, 3.8) is 0 Å². The molecule has 4 unspecified atom stereocenters. The molecule has 4 aliphatic carbocycles. The molecule has 0 saturated heterocycles. The van der Waals surface area contributed by atoms with Crippen LogP contribution in [0.4, 0.5) is 0 Å². The van der Waals surface area contributed by atoms with Crippen LogP contribution in [0.1, 0.15) is 35.7 Å². The van der Waals surface area contributed by atoms with Gasteiger partial charge in [0.05, 0.1) is 11.0 Å². The SMILES string of the molecule is C1=CC2CC2C(n2c(C3=Cc4ccccc4C4CC34)nc3c4cccc5ccc6cccc(c6c54)c32)=C1. The minimum Gasteiger partial charge on any atom is -0.295 e. The van der Waals surface area contributed by atoms with Crippen molar-refractivity contribution >= 4 is 60.7 Å². The van der Waals surface area contributed by atoms with Crippen molar-refractivity contribution in [1.29, 1.82) is 0 Å². The fourth-order valence-corrected chi connectivity index (χ4v) is 7.65. The molecular weight excluding hydrogens is 448 g/mol. The first-order valence-electron chi connectivity index (χ1n) is 13.6. The first-order valence-corrected chi connectivity index (χ1v) is 13.6. The molecule has 0 bridgehead atoms. The molecule has 10 rings (SSSR count). The van der Waals surface area contributed by atoms with E-state index in [0.29, 0.717) is 23.7 Å². The van der Waals surface area contributed by atoms with Crippen molar-refractivity contribution in [3.05, 3.63) is 108 Å². The summed E-state index contributed by atoms with van der Waals surface area (Å²) < 4.78 is 2.59. The third-order valence-corrected chi connectivity index (χ3v) is 9.53. The number of allylic oxidation sites excluding steroid dienone is 5. The van der Waals surface area contributed by atoms with E-state index in [9.17, 15) is 0 Å². The second-order valence-corrected chi connectivity index (χ2v) is 11.5. The van der Waals surface area contributed by atoms with Gasteiger partial charge in [0.15, 0.2) is 0 Å². The highest BCUT2D eigenvalue weighted by molar-refractivity contribution is 6.33. The Morgan fingerprint density at radius 1 is 0.730 bits per heavy atom. The highest BCUT2D eigenvalue weighted by atomic mass is 15.1. The molecule has 0 radical (unpaired) electrons. The van der Waals surface area contributed by atoms with E-state index in [2.05, 4.69) is 102 Å². The molecule has 5 aromatic carbocycles. The van der Waals surface area contributed by atoms with E-state index < -0.39 is 0 Å². The van der Waals surface area contributed by atoms with Gasteiger partial charge in [-0.25, -0.2) is 4.98 Å². The molecule has 2 fully saturated rings. The van der Waals surface area contributed by atoms with Gasteiger partial charge in [0.25, 0.3) is 0 Å². The molecule has 1 aromatic heterocycles. The number of nitrogens with zero attached hydrogens (tertiary/aromatic N) is 2. The van der Waals surface area contributed by atoms with Gasteiger partial charge in [0.2, 0.25) is 0 Å². The Labute approximate surface area is 214 Å². The Bertz CT molecular complexity index is 2070. The van der Waals surface area contributed by atoms with E-state index in [1.807, 2.05) is 0 Å². The third-order valence-electron chi connectivity index (χ3n) is 9.53. The summed E-state index contributed by atoms with van der Waals surface area (Å²) in [6, 6.07) is 27.1. The Morgan fingerprint density at radius 2 is 1.54 bits per heavy atom. The zero-order valence-electron chi connectivity index (χ0n) is 20.4. The molecule has 0 spiro atoms. The van der Waals surface area contributed by atoms with E-state index in [-0.39, 0.29) is 0 Å². The number of benzene rings is 5. The van der Waals surface area contributed by atoms with Gasteiger partial charge in [-0.1, -0.05) is 84.9 Å². The summed E-state index contributed by atoms with van der Waals surface area (Å²) in [5, 5.41) is 7.95. The maximum Gasteiger partial charge on any atom is 0.141 e. The fraction of sp³-hybridized carbons (Fsp3) is 0.171. The van der Waals surface area contributed by atoms with Crippen LogP contribution >= 0.6 is 0 Å². The second-order valence-electron chi connectivity index (χ2n) is 11.5. The molecule has 1 heterocycles. The zero-order valence-corrected chi connectivity index (χ0v) is 20.4. The van der Waals surface area contributed by atoms with Crippen LogP contribution in [-0.4, -0.2) is 9.55 Å². The van der Waals surface area contributed by atoms with Crippen molar-refractivity contribution < 1.29 is 0 Å². The van der Waals surface area contributed by atoms with Crippen molar-refractivity contribution in [2.45, 2.75) is 18.8 Å². The van der Waals surface area contributed by atoms with Crippen LogP contribution in [-0.2, 0) is 0 Å². The van der Waals surface area contributed by atoms with E-state index in [1.165, 1.54) is 78.9 Å². The van der Waals surface area contributed by atoms with Gasteiger partial charge in [-0.15, -0.1) is 0 Å². The minimum absolute atomic E-state index is 0.571. The fourth-order valence-electron chi connectivity index (χ4n) is 7.65. The van der Waals surface area contributed by atoms with Crippen molar-refractivity contribution in [2.24, 2.45) is 17.8 Å². The first kappa shape index (κ1) is 19.0. The average molecular weight is 473 g/mol. The largest absolute Gasteiger partial charge is 0.295 e. The molecule has 174 valence electrons. The number of fused-ring (bicyclic) bond motifs is 7. The third kappa shape index (κ3) is 2.35. The monoisotopic (exact) mass is 472 g/mol. The summed E-state index contributed by atoms with van der Waals surface area (Å²) in [6.45, 7) is 0. The number of aromatic nitrogens is 2. The second kappa shape index (κ2) is 6.39. The Hall–Kier alpha value is -4.17. The molecule has 0 N–H and O–H groups in total. The maximum atomic E-state index is 5.59. The van der Waals surface area contributed by atoms with Gasteiger partial charge in [-0.05, 0) is 81.0 Å². The zero-order chi connectivity index (χ0) is 23.8. The lowest BCUT2D eigenvalue weighted by molar-refractivity contribution is 0.893. The normalized spacial score (nSPS) is 25.3. The Morgan fingerprint density at radius 3 is 2.43 bits per heavy atom. The Balaban J connectivity index is 1.40. The highest BCUT2D eigenvalue weighted by Crippen LogP contribution is 2.60. The minimum atomic E-state index is 0.571. The lowest BCUT2D eigenvalue weighted by Crippen LogP contribution is -2.09. The van der Waals surface area contributed by atoms with E-state index in [0.717, 1.165) is 5.52 Å². The molecule has 0 amide bonds. The van der Waals surface area contributed by atoms with Crippen molar-refractivity contribution in [1.82, 2.24) is 9.55 Å². The summed E-state index contributed by atoms with van der Waals surface area (Å²) in [5.74, 6) is 3.65. The van der Waals surface area contributed by atoms with Gasteiger partial charge in [-0.2, -0.15) is 0 Å². The summed E-state index contributed by atoms with van der Waals surface area (Å²) in [4.78, 5) is 5.59. The molecule has 4 aliphatic rings. The molecule has 6 aromatic rings. The van der Waals surface area contributed by atoms with Crippen LogP contribution in [0.3, 0.4) is 0 Å². The van der Waals surface area contributed by atoms with Crippen LogP contribution in [0.15, 0.2) is 91.0 Å². The van der Waals surface area contributed by atoms with Crippen molar-refractivity contribution in [3.8, 4) is 0 Å². The van der Waals surface area contributed by atoms with Gasteiger partial charge in [-0.3, -0.25) is 4.57 Å². The predicted molar refractivity (Wildman–Crippen MR) is 154 cm³/mol. The summed E-state index contributed by atoms with van der Waals surface area (Å²) in [5.41, 5.74) is 8.18. The number of imidazole rings is 1. The van der Waals surface area contributed by atoms with Crippen LogP contribution < -0.4 is 0 Å². The summed E-state index contributed by atoms with van der Waals surface area (Å²) >= 11 is 0. The van der Waals surface area contributed by atoms with Gasteiger partial charge >= 0.3 is 0 Å². The molecule has 2 saturated carbocycles. The predicted octanol–water partition coefficient (Wildman–Crippen LogP) is 8.64. The van der Waals surface area contributed by atoms with Gasteiger partial charge in [0, 0.05) is 22.4 Å². The molecule has 0 aliphatic heterocycles. The average Bonchev–Trinajstić information content (AvgIpc) is 3.87. The van der Waals surface area contributed by atoms with Crippen LogP contribution in [0.2, 0.25) is 0 Å². The van der Waals surface area contributed by atoms with Crippen LogP contribution in [0, 0.1) is 17.8 Å². The lowest BCUT2D eigenvalue weighted by atomic mass is 9.91. The van der Waals surface area contributed by atoms with E-state index in [1.54, 1.807) is 0 Å². The number of hydrogen-bond donors (Lipinski definition) is 0. The van der Waals surface area contributed by atoms with Gasteiger partial charge in [0.1, 0.15) is 5.82 Å².